The Hall–Kier alpha value is -3.04. The van der Waals surface area contributed by atoms with E-state index in [1.54, 1.807) is 30.6 Å². The molecule has 4 rings (SSSR count). The third-order valence-corrected chi connectivity index (χ3v) is 5.83. The fourth-order valence-corrected chi connectivity index (χ4v) is 4.23. The lowest BCUT2D eigenvalue weighted by molar-refractivity contribution is 0.595. The van der Waals surface area contributed by atoms with Gasteiger partial charge in [0.05, 0.1) is 5.69 Å². The number of rotatable bonds is 4. The van der Waals surface area contributed by atoms with E-state index in [1.165, 1.54) is 0 Å². The summed E-state index contributed by atoms with van der Waals surface area (Å²) in [6.07, 6.45) is 3.47. The quantitative estimate of drug-likeness (QED) is 0.699. The molecule has 1 saturated heterocycles. The number of aryl methyl sites for hydroxylation is 1. The van der Waals surface area contributed by atoms with Crippen molar-refractivity contribution in [2.75, 3.05) is 36.0 Å². The number of primary sulfonamides is 1. The summed E-state index contributed by atoms with van der Waals surface area (Å²) >= 11 is 0. The lowest BCUT2D eigenvalue weighted by atomic mass is 10.2. The van der Waals surface area contributed by atoms with Crippen molar-refractivity contribution >= 4 is 21.5 Å². The predicted octanol–water partition coefficient (Wildman–Crippen LogP) is 1.82. The van der Waals surface area contributed by atoms with E-state index < -0.39 is 10.0 Å². The van der Waals surface area contributed by atoms with Gasteiger partial charge in [-0.05, 0) is 31.2 Å². The van der Waals surface area contributed by atoms with Crippen LogP contribution in [0.3, 0.4) is 0 Å². The van der Waals surface area contributed by atoms with Crippen LogP contribution in [0.2, 0.25) is 0 Å². The number of anilines is 2. The summed E-state index contributed by atoms with van der Waals surface area (Å²) in [6, 6.07) is 12.6. The maximum Gasteiger partial charge on any atom is 0.240 e. The molecular weight excluding hydrogens is 388 g/mol. The molecule has 2 aromatic heterocycles. The highest BCUT2D eigenvalue weighted by atomic mass is 32.2. The topological polar surface area (TPSA) is 105 Å². The van der Waals surface area contributed by atoms with E-state index in [4.69, 9.17) is 10.1 Å². The van der Waals surface area contributed by atoms with Crippen LogP contribution < -0.4 is 14.9 Å². The van der Waals surface area contributed by atoms with Gasteiger partial charge in [0.15, 0.2) is 5.82 Å². The highest BCUT2D eigenvalue weighted by molar-refractivity contribution is 7.89. The van der Waals surface area contributed by atoms with E-state index >= 15 is 0 Å². The summed E-state index contributed by atoms with van der Waals surface area (Å²) in [6.45, 7) is 4.70. The molecule has 3 heterocycles. The van der Waals surface area contributed by atoms with Crippen molar-refractivity contribution in [1.29, 1.82) is 0 Å². The number of sulfonamides is 1. The molecule has 0 aliphatic carbocycles. The van der Waals surface area contributed by atoms with E-state index in [-0.39, 0.29) is 4.90 Å². The number of piperazine rings is 1. The molecule has 0 unspecified atom stereocenters. The standard InChI is InChI=1S/C20H22N6O2S/c1-15-13-19(24-20(23-15)16-5-4-8-22-14-16)26-11-9-25(10-12-26)17-6-2-3-7-18(17)29(21,27)28/h2-8,13-14H,9-12H2,1H3,(H2,21,27,28). The van der Waals surface area contributed by atoms with Crippen LogP contribution in [0.15, 0.2) is 59.8 Å². The summed E-state index contributed by atoms with van der Waals surface area (Å²) in [5.74, 6) is 1.51. The van der Waals surface area contributed by atoms with Gasteiger partial charge in [0.1, 0.15) is 10.7 Å². The lowest BCUT2D eigenvalue weighted by Gasteiger charge is -2.37. The van der Waals surface area contributed by atoms with Crippen LogP contribution in [0.4, 0.5) is 11.5 Å². The molecule has 0 atom stereocenters. The van der Waals surface area contributed by atoms with Gasteiger partial charge in [0, 0.05) is 55.9 Å². The Morgan fingerprint density at radius 1 is 0.966 bits per heavy atom. The third-order valence-electron chi connectivity index (χ3n) is 4.88. The van der Waals surface area contributed by atoms with Crippen LogP contribution in [-0.2, 0) is 10.0 Å². The molecule has 1 fully saturated rings. The minimum absolute atomic E-state index is 0.158. The number of nitrogens with zero attached hydrogens (tertiary/aromatic N) is 5. The number of para-hydroxylation sites is 1. The van der Waals surface area contributed by atoms with Gasteiger partial charge < -0.3 is 9.80 Å². The molecule has 3 aromatic rings. The molecule has 1 aliphatic heterocycles. The zero-order chi connectivity index (χ0) is 20.4. The Kier molecular flexibility index (Phi) is 5.16. The van der Waals surface area contributed by atoms with Crippen molar-refractivity contribution in [3.8, 4) is 11.4 Å². The van der Waals surface area contributed by atoms with Gasteiger partial charge in [-0.25, -0.2) is 23.5 Å². The van der Waals surface area contributed by atoms with Gasteiger partial charge in [0.25, 0.3) is 0 Å². The maximum atomic E-state index is 11.9. The minimum atomic E-state index is -3.77. The van der Waals surface area contributed by atoms with Crippen LogP contribution in [-0.4, -0.2) is 49.5 Å². The second-order valence-corrected chi connectivity index (χ2v) is 8.45. The maximum absolute atomic E-state index is 11.9. The molecule has 0 bridgehead atoms. The zero-order valence-corrected chi connectivity index (χ0v) is 16.9. The first-order valence-corrected chi connectivity index (χ1v) is 10.8. The number of hydrogen-bond acceptors (Lipinski definition) is 7. The highest BCUT2D eigenvalue weighted by Gasteiger charge is 2.23. The van der Waals surface area contributed by atoms with Gasteiger partial charge in [0.2, 0.25) is 10.0 Å². The highest BCUT2D eigenvalue weighted by Crippen LogP contribution is 2.26. The van der Waals surface area contributed by atoms with Crippen molar-refractivity contribution in [3.63, 3.8) is 0 Å². The third kappa shape index (κ3) is 4.20. The summed E-state index contributed by atoms with van der Waals surface area (Å²) in [5.41, 5.74) is 2.40. The smallest absolute Gasteiger partial charge is 0.240 e. The summed E-state index contributed by atoms with van der Waals surface area (Å²) < 4.78 is 23.8. The van der Waals surface area contributed by atoms with E-state index in [1.807, 2.05) is 36.1 Å². The Bertz CT molecular complexity index is 1110. The van der Waals surface area contributed by atoms with E-state index in [0.29, 0.717) is 37.7 Å². The molecule has 0 amide bonds. The van der Waals surface area contributed by atoms with Crippen molar-refractivity contribution < 1.29 is 8.42 Å². The van der Waals surface area contributed by atoms with E-state index in [2.05, 4.69) is 14.9 Å². The monoisotopic (exact) mass is 410 g/mol. The second kappa shape index (κ2) is 7.76. The summed E-state index contributed by atoms with van der Waals surface area (Å²) in [4.78, 5) is 17.8. The van der Waals surface area contributed by atoms with Crippen molar-refractivity contribution in [2.45, 2.75) is 11.8 Å². The molecule has 29 heavy (non-hydrogen) atoms. The Balaban J connectivity index is 1.55. The van der Waals surface area contributed by atoms with Gasteiger partial charge in [-0.15, -0.1) is 0 Å². The second-order valence-electron chi connectivity index (χ2n) is 6.92. The van der Waals surface area contributed by atoms with Gasteiger partial charge in [-0.2, -0.15) is 0 Å². The SMILES string of the molecule is Cc1cc(N2CCN(c3ccccc3S(N)(=O)=O)CC2)nc(-c2cccnc2)n1. The van der Waals surface area contributed by atoms with Gasteiger partial charge >= 0.3 is 0 Å². The molecule has 2 N–H and O–H groups in total. The van der Waals surface area contributed by atoms with Crippen LogP contribution in [0.1, 0.15) is 5.69 Å². The van der Waals surface area contributed by atoms with E-state index in [0.717, 1.165) is 17.1 Å². The fraction of sp³-hybridized carbons (Fsp3) is 0.250. The molecular formula is C20H22N6O2S. The average molecular weight is 411 g/mol. The Morgan fingerprint density at radius 2 is 1.69 bits per heavy atom. The fourth-order valence-electron chi connectivity index (χ4n) is 3.47. The molecule has 8 nitrogen and oxygen atoms in total. The first kappa shape index (κ1) is 19.3. The largest absolute Gasteiger partial charge is 0.367 e. The average Bonchev–Trinajstić information content (AvgIpc) is 2.73. The van der Waals surface area contributed by atoms with Crippen LogP contribution >= 0.6 is 0 Å². The molecule has 150 valence electrons. The van der Waals surface area contributed by atoms with Gasteiger partial charge in [-0.1, -0.05) is 12.1 Å². The molecule has 0 spiro atoms. The molecule has 0 radical (unpaired) electrons. The summed E-state index contributed by atoms with van der Waals surface area (Å²) in [7, 11) is -3.77. The van der Waals surface area contributed by atoms with Crippen molar-refractivity contribution in [3.05, 3.63) is 60.6 Å². The van der Waals surface area contributed by atoms with Crippen LogP contribution in [0.25, 0.3) is 11.4 Å². The van der Waals surface area contributed by atoms with Gasteiger partial charge in [-0.3, -0.25) is 4.98 Å². The number of nitrogens with two attached hydrogens (primary N) is 1. The van der Waals surface area contributed by atoms with Crippen molar-refractivity contribution in [1.82, 2.24) is 15.0 Å². The normalized spacial score (nSPS) is 14.8. The first-order chi connectivity index (χ1) is 13.9. The summed E-state index contributed by atoms with van der Waals surface area (Å²) in [5, 5.41) is 5.38. The molecule has 9 heteroatoms. The van der Waals surface area contributed by atoms with E-state index in [9.17, 15) is 8.42 Å². The molecule has 1 aliphatic rings. The van der Waals surface area contributed by atoms with Crippen LogP contribution in [0, 0.1) is 6.92 Å². The number of benzene rings is 1. The minimum Gasteiger partial charge on any atom is -0.367 e. The Morgan fingerprint density at radius 3 is 2.38 bits per heavy atom. The number of pyridine rings is 1. The zero-order valence-electron chi connectivity index (χ0n) is 16.1. The Labute approximate surface area is 170 Å². The number of hydrogen-bond donors (Lipinski definition) is 1. The van der Waals surface area contributed by atoms with Crippen LogP contribution in [0.5, 0.6) is 0 Å². The first-order valence-electron chi connectivity index (χ1n) is 9.29. The van der Waals surface area contributed by atoms with Crippen molar-refractivity contribution in [2.24, 2.45) is 5.14 Å². The lowest BCUT2D eigenvalue weighted by Crippen LogP contribution is -2.47. The number of aromatic nitrogens is 3. The molecule has 1 aromatic carbocycles. The molecule has 0 saturated carbocycles. The predicted molar refractivity (Wildman–Crippen MR) is 112 cm³/mol.